The number of hydrogen-bond acceptors (Lipinski definition) is 4. The second kappa shape index (κ2) is 6.41. The van der Waals surface area contributed by atoms with Gasteiger partial charge in [-0.2, -0.15) is 0 Å². The zero-order chi connectivity index (χ0) is 15.4. The number of anilines is 1. The molecule has 110 valence electrons. The van der Waals surface area contributed by atoms with Gasteiger partial charge < -0.3 is 10.1 Å². The van der Waals surface area contributed by atoms with Gasteiger partial charge in [0.05, 0.1) is 12.0 Å². The Kier molecular flexibility index (Phi) is 4.59. The molecule has 0 fully saturated rings. The number of ether oxygens (including phenoxy) is 1. The third kappa shape index (κ3) is 3.82. The molecule has 0 amide bonds. The molecule has 0 aliphatic heterocycles. The molecular formula is C14H12ClFN2O3. The number of methoxy groups -OCH3 is 1. The highest BCUT2D eigenvalue weighted by atomic mass is 35.5. The number of rotatable bonds is 5. The Morgan fingerprint density at radius 2 is 2.10 bits per heavy atom. The van der Waals surface area contributed by atoms with Crippen molar-refractivity contribution in [3.63, 3.8) is 0 Å². The SMILES string of the molecule is COc1ccc(NCc2cc(F)cc(Cl)c2)cc1[N+](=O)[O-]. The van der Waals surface area contributed by atoms with Gasteiger partial charge in [0.25, 0.3) is 0 Å². The number of hydrogen-bond donors (Lipinski definition) is 1. The maximum absolute atomic E-state index is 13.2. The van der Waals surface area contributed by atoms with Crippen LogP contribution < -0.4 is 10.1 Å². The molecule has 0 aliphatic carbocycles. The summed E-state index contributed by atoms with van der Waals surface area (Å²) < 4.78 is 18.1. The van der Waals surface area contributed by atoms with Gasteiger partial charge >= 0.3 is 5.69 Å². The van der Waals surface area contributed by atoms with Crippen molar-refractivity contribution < 1.29 is 14.1 Å². The Morgan fingerprint density at radius 3 is 2.71 bits per heavy atom. The summed E-state index contributed by atoms with van der Waals surface area (Å²) in [7, 11) is 1.37. The standard InChI is InChI=1S/C14H12ClFN2O3/c1-21-14-3-2-12(7-13(14)18(19)20)17-8-9-4-10(15)6-11(16)5-9/h2-7,17H,8H2,1H3. The number of nitro benzene ring substituents is 1. The molecule has 7 heteroatoms. The smallest absolute Gasteiger partial charge is 0.312 e. The Hall–Kier alpha value is -2.34. The van der Waals surface area contributed by atoms with Gasteiger partial charge in [0.1, 0.15) is 5.82 Å². The van der Waals surface area contributed by atoms with Gasteiger partial charge in [-0.25, -0.2) is 4.39 Å². The first kappa shape index (κ1) is 15.1. The monoisotopic (exact) mass is 310 g/mol. The molecule has 21 heavy (non-hydrogen) atoms. The zero-order valence-corrected chi connectivity index (χ0v) is 11.9. The maximum atomic E-state index is 13.2. The van der Waals surface area contributed by atoms with E-state index in [0.717, 1.165) is 0 Å². The Labute approximate surface area is 125 Å². The maximum Gasteiger partial charge on any atom is 0.312 e. The zero-order valence-electron chi connectivity index (χ0n) is 11.1. The van der Waals surface area contributed by atoms with Gasteiger partial charge in [-0.15, -0.1) is 0 Å². The van der Waals surface area contributed by atoms with Crippen LogP contribution in [0.2, 0.25) is 5.02 Å². The van der Waals surface area contributed by atoms with Gasteiger partial charge in [-0.05, 0) is 35.9 Å². The van der Waals surface area contributed by atoms with Crippen molar-refractivity contribution in [2.24, 2.45) is 0 Å². The van der Waals surface area contributed by atoms with E-state index in [9.17, 15) is 14.5 Å². The molecule has 2 aromatic rings. The van der Waals surface area contributed by atoms with Crippen LogP contribution in [0.5, 0.6) is 5.75 Å². The second-order valence-electron chi connectivity index (χ2n) is 4.27. The van der Waals surface area contributed by atoms with Crippen LogP contribution in [0.25, 0.3) is 0 Å². The van der Waals surface area contributed by atoms with Crippen molar-refractivity contribution >= 4 is 23.0 Å². The van der Waals surface area contributed by atoms with Gasteiger partial charge in [-0.3, -0.25) is 10.1 Å². The summed E-state index contributed by atoms with van der Waals surface area (Å²) in [5, 5.41) is 14.2. The van der Waals surface area contributed by atoms with Crippen LogP contribution in [0, 0.1) is 15.9 Å². The minimum atomic E-state index is -0.525. The second-order valence-corrected chi connectivity index (χ2v) is 4.71. The highest BCUT2D eigenvalue weighted by Crippen LogP contribution is 2.29. The van der Waals surface area contributed by atoms with E-state index in [1.54, 1.807) is 12.1 Å². The fourth-order valence-electron chi connectivity index (χ4n) is 1.86. The quantitative estimate of drug-likeness (QED) is 0.669. The summed E-state index contributed by atoms with van der Waals surface area (Å²) in [5.41, 5.74) is 1.03. The molecule has 0 atom stereocenters. The largest absolute Gasteiger partial charge is 0.490 e. The predicted octanol–water partition coefficient (Wildman–Crippen LogP) is 4.01. The van der Waals surface area contributed by atoms with Gasteiger partial charge in [0.15, 0.2) is 5.75 Å². The lowest BCUT2D eigenvalue weighted by Crippen LogP contribution is -2.01. The van der Waals surface area contributed by atoms with Crippen molar-refractivity contribution in [1.82, 2.24) is 0 Å². The van der Waals surface area contributed by atoms with Crippen LogP contribution in [-0.2, 0) is 6.54 Å². The van der Waals surface area contributed by atoms with E-state index in [4.69, 9.17) is 16.3 Å². The van der Waals surface area contributed by atoms with Crippen molar-refractivity contribution in [1.29, 1.82) is 0 Å². The first-order valence-corrected chi connectivity index (χ1v) is 6.38. The van der Waals surface area contributed by atoms with Crippen molar-refractivity contribution in [2.45, 2.75) is 6.54 Å². The van der Waals surface area contributed by atoms with Gasteiger partial charge in [0.2, 0.25) is 0 Å². The molecule has 0 unspecified atom stereocenters. The molecule has 0 saturated heterocycles. The van der Waals surface area contributed by atoms with E-state index in [-0.39, 0.29) is 11.4 Å². The van der Waals surface area contributed by atoms with E-state index in [1.807, 2.05) is 0 Å². The molecule has 0 aliphatic rings. The molecule has 1 N–H and O–H groups in total. The lowest BCUT2D eigenvalue weighted by molar-refractivity contribution is -0.385. The third-order valence-corrected chi connectivity index (χ3v) is 3.01. The van der Waals surface area contributed by atoms with Crippen LogP contribution in [0.3, 0.4) is 0 Å². The molecule has 0 saturated carbocycles. The first-order chi connectivity index (χ1) is 9.99. The third-order valence-electron chi connectivity index (χ3n) is 2.79. The molecule has 0 aromatic heterocycles. The fraction of sp³-hybridized carbons (Fsp3) is 0.143. The average Bonchev–Trinajstić information content (AvgIpc) is 2.43. The van der Waals surface area contributed by atoms with Crippen LogP contribution in [0.4, 0.5) is 15.8 Å². The van der Waals surface area contributed by atoms with E-state index < -0.39 is 10.7 Å². The number of nitrogens with one attached hydrogen (secondary N) is 1. The predicted molar refractivity (Wildman–Crippen MR) is 78.4 cm³/mol. The molecule has 0 bridgehead atoms. The summed E-state index contributed by atoms with van der Waals surface area (Å²) in [5.74, 6) is -0.251. The van der Waals surface area contributed by atoms with E-state index >= 15 is 0 Å². The average molecular weight is 311 g/mol. The normalized spacial score (nSPS) is 10.2. The molecular weight excluding hydrogens is 299 g/mol. The van der Waals surface area contributed by atoms with Crippen molar-refractivity contribution in [3.05, 3.63) is 62.9 Å². The highest BCUT2D eigenvalue weighted by molar-refractivity contribution is 6.30. The molecule has 2 aromatic carbocycles. The number of nitro groups is 1. The molecule has 0 heterocycles. The topological polar surface area (TPSA) is 64.4 Å². The van der Waals surface area contributed by atoms with E-state index in [1.165, 1.54) is 31.4 Å². The van der Waals surface area contributed by atoms with Crippen LogP contribution in [0.15, 0.2) is 36.4 Å². The van der Waals surface area contributed by atoms with Crippen molar-refractivity contribution in [3.8, 4) is 5.75 Å². The van der Waals surface area contributed by atoms with Gasteiger partial charge in [0, 0.05) is 23.3 Å². The van der Waals surface area contributed by atoms with Crippen LogP contribution in [0.1, 0.15) is 5.56 Å². The van der Waals surface area contributed by atoms with E-state index in [0.29, 0.717) is 22.8 Å². The summed E-state index contributed by atoms with van der Waals surface area (Å²) in [4.78, 5) is 10.4. The highest BCUT2D eigenvalue weighted by Gasteiger charge is 2.15. The Bertz CT molecular complexity index is 659. The summed E-state index contributed by atoms with van der Waals surface area (Å²) in [6.45, 7) is 0.293. The first-order valence-electron chi connectivity index (χ1n) is 6.01. The molecule has 0 radical (unpaired) electrons. The Morgan fingerprint density at radius 1 is 1.33 bits per heavy atom. The molecule has 0 spiro atoms. The summed E-state index contributed by atoms with van der Waals surface area (Å²) in [6, 6.07) is 8.68. The van der Waals surface area contributed by atoms with Gasteiger partial charge in [-0.1, -0.05) is 11.6 Å². The summed E-state index contributed by atoms with van der Waals surface area (Å²) in [6.07, 6.45) is 0. The van der Waals surface area contributed by atoms with Crippen LogP contribution in [-0.4, -0.2) is 12.0 Å². The number of halogens is 2. The number of benzene rings is 2. The number of nitrogens with zero attached hydrogens (tertiary/aromatic N) is 1. The van der Waals surface area contributed by atoms with Crippen molar-refractivity contribution in [2.75, 3.05) is 12.4 Å². The lowest BCUT2D eigenvalue weighted by Gasteiger charge is -2.08. The molecule has 5 nitrogen and oxygen atoms in total. The van der Waals surface area contributed by atoms with Crippen LogP contribution >= 0.6 is 11.6 Å². The fourth-order valence-corrected chi connectivity index (χ4v) is 2.10. The summed E-state index contributed by atoms with van der Waals surface area (Å²) >= 11 is 5.76. The minimum Gasteiger partial charge on any atom is -0.490 e. The minimum absolute atomic E-state index is 0.139. The Balaban J connectivity index is 2.16. The van der Waals surface area contributed by atoms with E-state index in [2.05, 4.69) is 5.32 Å². The lowest BCUT2D eigenvalue weighted by atomic mass is 10.2. The molecule has 2 rings (SSSR count).